The number of amides is 3. The minimum absolute atomic E-state index is 0.0458. The normalized spacial score (nSPS) is 16.4. The number of carbonyl (C=O) groups is 5. The lowest BCUT2D eigenvalue weighted by Crippen LogP contribution is -2.43. The Morgan fingerprint density at radius 1 is 1.08 bits per heavy atom. The molecule has 2 atom stereocenters. The van der Waals surface area contributed by atoms with Crippen molar-refractivity contribution in [1.82, 2.24) is 4.90 Å². The van der Waals surface area contributed by atoms with E-state index in [-0.39, 0.29) is 54.1 Å². The largest absolute Gasteiger partial charge is 0.481 e. The van der Waals surface area contributed by atoms with Crippen molar-refractivity contribution in [2.45, 2.75) is 31.9 Å². The average molecular weight is 545 g/mol. The second-order valence-corrected chi connectivity index (χ2v) is 9.03. The molecule has 2 aromatic rings. The Kier molecular flexibility index (Phi) is 9.38. The van der Waals surface area contributed by atoms with Crippen molar-refractivity contribution < 1.29 is 38.7 Å². The molecule has 0 unspecified atom stereocenters. The minimum atomic E-state index is -1.29. The average Bonchev–Trinajstić information content (AvgIpc) is 3.26. The van der Waals surface area contributed by atoms with Gasteiger partial charge in [-0.15, -0.1) is 12.6 Å². The molecule has 0 bridgehead atoms. The summed E-state index contributed by atoms with van der Waals surface area (Å²) in [6.07, 6.45) is -1.29. The van der Waals surface area contributed by atoms with E-state index in [4.69, 9.17) is 9.84 Å². The number of hydrogen-bond acceptors (Lipinski definition) is 8. The van der Waals surface area contributed by atoms with Gasteiger partial charge in [-0.1, -0.05) is 6.07 Å². The van der Waals surface area contributed by atoms with Gasteiger partial charge in [0.25, 0.3) is 5.69 Å². The maximum Gasteiger partial charge on any atom is 0.410 e. The number of nitro groups is 1. The molecule has 1 aliphatic rings. The molecule has 200 valence electrons. The molecular formula is C24H24N4O9S. The van der Waals surface area contributed by atoms with Crippen LogP contribution >= 0.6 is 12.6 Å². The third-order valence-corrected chi connectivity index (χ3v) is 5.81. The van der Waals surface area contributed by atoms with Crippen molar-refractivity contribution in [3.63, 3.8) is 0 Å². The van der Waals surface area contributed by atoms with Crippen LogP contribution in [-0.4, -0.2) is 56.5 Å². The van der Waals surface area contributed by atoms with Crippen molar-refractivity contribution >= 4 is 58.7 Å². The lowest BCUT2D eigenvalue weighted by atomic mass is 10.0. The highest BCUT2D eigenvalue weighted by atomic mass is 32.1. The van der Waals surface area contributed by atoms with E-state index in [9.17, 15) is 34.1 Å². The zero-order valence-corrected chi connectivity index (χ0v) is 20.8. The summed E-state index contributed by atoms with van der Waals surface area (Å²) in [6.45, 7) is -0.106. The number of rotatable bonds is 10. The fourth-order valence-electron chi connectivity index (χ4n) is 3.95. The topological polar surface area (TPSA) is 185 Å². The molecule has 38 heavy (non-hydrogen) atoms. The van der Waals surface area contributed by atoms with Gasteiger partial charge in [-0.2, -0.15) is 0 Å². The third kappa shape index (κ3) is 8.03. The summed E-state index contributed by atoms with van der Waals surface area (Å²) in [5.41, 5.74) is 0.948. The Balaban J connectivity index is 1.68. The zero-order chi connectivity index (χ0) is 27.8. The van der Waals surface area contributed by atoms with Crippen LogP contribution in [0.5, 0.6) is 0 Å². The summed E-state index contributed by atoms with van der Waals surface area (Å²) in [5, 5.41) is 24.2. The Morgan fingerprint density at radius 3 is 2.34 bits per heavy atom. The van der Waals surface area contributed by atoms with E-state index in [1.54, 1.807) is 12.1 Å². The number of nitrogens with one attached hydrogen (secondary N) is 2. The van der Waals surface area contributed by atoms with Gasteiger partial charge in [-0.05, 0) is 48.2 Å². The van der Waals surface area contributed by atoms with E-state index >= 15 is 0 Å². The lowest BCUT2D eigenvalue weighted by molar-refractivity contribution is -0.384. The number of aliphatic carboxylic acids is 1. The van der Waals surface area contributed by atoms with Crippen molar-refractivity contribution in [3.8, 4) is 0 Å². The summed E-state index contributed by atoms with van der Waals surface area (Å²) in [4.78, 5) is 71.4. The molecule has 3 rings (SSSR count). The first-order valence-corrected chi connectivity index (χ1v) is 11.8. The standard InChI is InChI=1S/C24H24N4O9S/c29-20(11-21(30)31)25-16-2-1-3-17(10-16)26-23(33)19-8-15(9-22(32)38)12-27(19)24(34)37-13-14-4-6-18(7-5-14)28(35)36/h1-7,10,15,19H,8-9,11-13H2,(H,25,29)(H,26,33)(H,30,31)(H,32,38)/t15-,19-/m0/s1. The predicted octanol–water partition coefficient (Wildman–Crippen LogP) is 2.82. The molecule has 0 spiro atoms. The number of carbonyl (C=O) groups excluding carboxylic acids is 4. The summed E-state index contributed by atoms with van der Waals surface area (Å²) in [7, 11) is 0. The molecule has 2 aromatic carbocycles. The van der Waals surface area contributed by atoms with E-state index in [1.165, 1.54) is 41.3 Å². The van der Waals surface area contributed by atoms with Crippen LogP contribution in [0.4, 0.5) is 21.9 Å². The van der Waals surface area contributed by atoms with Crippen molar-refractivity contribution in [2.24, 2.45) is 5.92 Å². The number of carboxylic acid groups (broad SMARTS) is 1. The monoisotopic (exact) mass is 544 g/mol. The van der Waals surface area contributed by atoms with Gasteiger partial charge in [0.1, 0.15) is 19.1 Å². The van der Waals surface area contributed by atoms with Crippen LogP contribution < -0.4 is 10.6 Å². The van der Waals surface area contributed by atoms with E-state index in [2.05, 4.69) is 23.3 Å². The minimum Gasteiger partial charge on any atom is -0.481 e. The molecule has 13 nitrogen and oxygen atoms in total. The molecule has 0 saturated carbocycles. The third-order valence-electron chi connectivity index (χ3n) is 5.62. The van der Waals surface area contributed by atoms with Gasteiger partial charge >= 0.3 is 12.1 Å². The van der Waals surface area contributed by atoms with Gasteiger partial charge in [0.2, 0.25) is 11.8 Å². The highest BCUT2D eigenvalue weighted by Crippen LogP contribution is 2.29. The van der Waals surface area contributed by atoms with Crippen LogP contribution in [0, 0.1) is 16.0 Å². The fourth-order valence-corrected chi connectivity index (χ4v) is 4.21. The SMILES string of the molecule is O=C(O)CC(=O)Nc1cccc(NC(=O)[C@@H]2C[C@@H](CC(=O)S)CN2C(=O)OCc2ccc([N+](=O)[O-])cc2)c1. The van der Waals surface area contributed by atoms with Crippen LogP contribution in [0.2, 0.25) is 0 Å². The number of carboxylic acids is 1. The number of anilines is 2. The van der Waals surface area contributed by atoms with Crippen LogP contribution in [0.1, 0.15) is 24.8 Å². The number of nitrogens with zero attached hydrogens (tertiary/aromatic N) is 2. The highest BCUT2D eigenvalue weighted by molar-refractivity contribution is 7.96. The van der Waals surface area contributed by atoms with Crippen LogP contribution in [-0.2, 0) is 30.5 Å². The second-order valence-electron chi connectivity index (χ2n) is 8.53. The summed E-state index contributed by atoms with van der Waals surface area (Å²) < 4.78 is 5.33. The van der Waals surface area contributed by atoms with Crippen LogP contribution in [0.15, 0.2) is 48.5 Å². The number of hydrogen-bond donors (Lipinski definition) is 4. The fraction of sp³-hybridized carbons (Fsp3) is 0.292. The van der Waals surface area contributed by atoms with Gasteiger partial charge in [0.05, 0.1) is 4.92 Å². The smallest absolute Gasteiger partial charge is 0.410 e. The number of non-ortho nitro benzene ring substituents is 1. The summed E-state index contributed by atoms with van der Waals surface area (Å²) in [5.74, 6) is -2.91. The van der Waals surface area contributed by atoms with Gasteiger partial charge in [-0.3, -0.25) is 34.2 Å². The predicted molar refractivity (Wildman–Crippen MR) is 136 cm³/mol. The van der Waals surface area contributed by atoms with Gasteiger partial charge in [-0.25, -0.2) is 4.79 Å². The second kappa shape index (κ2) is 12.7. The Morgan fingerprint density at radius 2 is 1.74 bits per heavy atom. The van der Waals surface area contributed by atoms with E-state index in [0.29, 0.717) is 5.56 Å². The quantitative estimate of drug-likeness (QED) is 0.151. The van der Waals surface area contributed by atoms with Crippen molar-refractivity contribution in [2.75, 3.05) is 17.2 Å². The molecular weight excluding hydrogens is 520 g/mol. The number of nitro benzene ring substituents is 1. The molecule has 1 heterocycles. The zero-order valence-electron chi connectivity index (χ0n) is 19.9. The van der Waals surface area contributed by atoms with Gasteiger partial charge < -0.3 is 20.5 Å². The Hall–Kier alpha value is -4.46. The molecule has 14 heteroatoms. The van der Waals surface area contributed by atoms with E-state index in [0.717, 1.165) is 0 Å². The van der Waals surface area contributed by atoms with Crippen LogP contribution in [0.25, 0.3) is 0 Å². The maximum absolute atomic E-state index is 13.1. The van der Waals surface area contributed by atoms with Crippen LogP contribution in [0.3, 0.4) is 0 Å². The molecule has 1 aliphatic heterocycles. The molecule has 0 aromatic heterocycles. The maximum atomic E-state index is 13.1. The summed E-state index contributed by atoms with van der Waals surface area (Å²) in [6, 6.07) is 10.5. The van der Waals surface area contributed by atoms with Crippen molar-refractivity contribution in [3.05, 3.63) is 64.2 Å². The molecule has 0 aliphatic carbocycles. The molecule has 3 N–H and O–H groups in total. The number of ether oxygens (including phenoxy) is 1. The first kappa shape index (κ1) is 28.1. The highest BCUT2D eigenvalue weighted by Gasteiger charge is 2.41. The summed E-state index contributed by atoms with van der Waals surface area (Å²) >= 11 is 3.79. The van der Waals surface area contributed by atoms with Gasteiger partial charge in [0.15, 0.2) is 5.12 Å². The van der Waals surface area contributed by atoms with E-state index < -0.39 is 41.3 Å². The molecule has 3 amide bonds. The first-order valence-electron chi connectivity index (χ1n) is 11.3. The number of likely N-dealkylation sites (tertiary alicyclic amines) is 1. The molecule has 0 radical (unpaired) electrons. The Bertz CT molecular complexity index is 1250. The van der Waals surface area contributed by atoms with Crippen molar-refractivity contribution in [1.29, 1.82) is 0 Å². The van der Waals surface area contributed by atoms with E-state index in [1.807, 2.05) is 0 Å². The van der Waals surface area contributed by atoms with Gasteiger partial charge in [0, 0.05) is 36.5 Å². The Labute approximate surface area is 221 Å². The molecule has 1 fully saturated rings. The number of thiol groups is 1. The number of benzene rings is 2. The first-order chi connectivity index (χ1) is 18.0. The molecule has 1 saturated heterocycles. The lowest BCUT2D eigenvalue weighted by Gasteiger charge is -2.23.